The number of ether oxygens (including phenoxy) is 4. The summed E-state index contributed by atoms with van der Waals surface area (Å²) < 4.78 is 35.4. The van der Waals surface area contributed by atoms with Gasteiger partial charge in [0, 0.05) is 19.5 Å². The van der Waals surface area contributed by atoms with Crippen LogP contribution in [-0.4, -0.2) is 51.3 Å². The van der Waals surface area contributed by atoms with Crippen LogP contribution in [0.4, 0.5) is 4.39 Å². The number of benzene rings is 4. The maximum atomic E-state index is 14.4. The van der Waals surface area contributed by atoms with Crippen molar-refractivity contribution in [2.24, 2.45) is 0 Å². The van der Waals surface area contributed by atoms with Gasteiger partial charge in [-0.2, -0.15) is 0 Å². The van der Waals surface area contributed by atoms with Crippen molar-refractivity contribution >= 4 is 11.9 Å². The van der Waals surface area contributed by atoms with Crippen LogP contribution in [0.1, 0.15) is 46.3 Å². The van der Waals surface area contributed by atoms with Crippen LogP contribution in [0.2, 0.25) is 0 Å². The number of carbonyl (C=O) groups is 2. The van der Waals surface area contributed by atoms with Crippen molar-refractivity contribution in [2.75, 3.05) is 34.4 Å². The fourth-order valence-electron chi connectivity index (χ4n) is 5.00. The third kappa shape index (κ3) is 10.2. The summed E-state index contributed by atoms with van der Waals surface area (Å²) in [6, 6.07) is 28.0. The van der Waals surface area contributed by atoms with E-state index in [4.69, 9.17) is 18.9 Å². The summed E-state index contributed by atoms with van der Waals surface area (Å²) in [5.41, 5.74) is 5.50. The molecule has 0 N–H and O–H groups in total. The summed E-state index contributed by atoms with van der Waals surface area (Å²) >= 11 is 0. The van der Waals surface area contributed by atoms with Gasteiger partial charge in [0.25, 0.3) is 0 Å². The van der Waals surface area contributed by atoms with Gasteiger partial charge in [0.15, 0.2) is 0 Å². The molecule has 0 saturated heterocycles. The van der Waals surface area contributed by atoms with E-state index in [1.54, 1.807) is 25.3 Å². The summed E-state index contributed by atoms with van der Waals surface area (Å²) in [6.45, 7) is 2.37. The largest absolute Gasteiger partial charge is 0.497 e. The molecular weight excluding hydrogens is 573 g/mol. The lowest BCUT2D eigenvalue weighted by Crippen LogP contribution is -2.27. The highest BCUT2D eigenvalue weighted by Gasteiger charge is 2.13. The van der Waals surface area contributed by atoms with Gasteiger partial charge in [0.2, 0.25) is 0 Å². The fraction of sp³-hybridized carbons (Fsp3) is 0.297. The zero-order chi connectivity index (χ0) is 32.0. The van der Waals surface area contributed by atoms with Gasteiger partial charge in [-0.3, -0.25) is 9.69 Å². The molecular formula is C37H40FNO6. The molecule has 0 saturated carbocycles. The first kappa shape index (κ1) is 33.2. The van der Waals surface area contributed by atoms with Gasteiger partial charge in [0.1, 0.15) is 23.9 Å². The van der Waals surface area contributed by atoms with E-state index in [1.165, 1.54) is 26.4 Å². The Morgan fingerprint density at radius 1 is 0.733 bits per heavy atom. The molecule has 4 rings (SSSR count). The number of hydrogen-bond donors (Lipinski definition) is 0. The number of halogens is 1. The van der Waals surface area contributed by atoms with Crippen LogP contribution in [0.5, 0.6) is 11.5 Å². The highest BCUT2D eigenvalue weighted by atomic mass is 19.1. The molecule has 0 heterocycles. The van der Waals surface area contributed by atoms with Crippen molar-refractivity contribution in [3.8, 4) is 22.6 Å². The zero-order valence-corrected chi connectivity index (χ0v) is 26.1. The van der Waals surface area contributed by atoms with Gasteiger partial charge < -0.3 is 18.9 Å². The molecule has 0 aliphatic heterocycles. The Balaban J connectivity index is 1.40. The number of methoxy groups -OCH3 is 3. The lowest BCUT2D eigenvalue weighted by atomic mass is 10.0. The van der Waals surface area contributed by atoms with E-state index in [2.05, 4.69) is 17.0 Å². The van der Waals surface area contributed by atoms with Gasteiger partial charge in [-0.25, -0.2) is 9.18 Å². The van der Waals surface area contributed by atoms with Gasteiger partial charge in [0.05, 0.1) is 26.9 Å². The number of carbonyl (C=O) groups excluding carboxylic acids is 2. The Morgan fingerprint density at radius 3 is 2.04 bits per heavy atom. The van der Waals surface area contributed by atoms with E-state index in [1.807, 2.05) is 48.5 Å². The molecule has 0 spiro atoms. The standard InChI is InChI=1S/C37H40FNO6/c1-42-34-18-15-30(16-19-34)29-11-9-28(10-12-29)26-45-35-20-17-33(38)24-32(35)21-23-39(22-5-4-6-36(40)43-2)25-27-7-13-31(14-8-27)37(41)44-3/h7-20,24H,4-6,21-23,25-26H2,1-3H3. The van der Waals surface area contributed by atoms with E-state index in [-0.39, 0.29) is 17.8 Å². The molecule has 8 heteroatoms. The van der Waals surface area contributed by atoms with Crippen LogP contribution in [0.25, 0.3) is 11.1 Å². The van der Waals surface area contributed by atoms with Crippen molar-refractivity contribution in [2.45, 2.75) is 38.8 Å². The predicted octanol–water partition coefficient (Wildman–Crippen LogP) is 7.25. The first-order valence-electron chi connectivity index (χ1n) is 15.0. The predicted molar refractivity (Wildman–Crippen MR) is 172 cm³/mol. The highest BCUT2D eigenvalue weighted by molar-refractivity contribution is 5.89. The summed E-state index contributed by atoms with van der Waals surface area (Å²) in [7, 11) is 4.40. The van der Waals surface area contributed by atoms with Crippen molar-refractivity contribution in [3.05, 3.63) is 119 Å². The zero-order valence-electron chi connectivity index (χ0n) is 26.1. The monoisotopic (exact) mass is 613 g/mol. The van der Waals surface area contributed by atoms with E-state index in [0.29, 0.717) is 50.3 Å². The van der Waals surface area contributed by atoms with Crippen molar-refractivity contribution in [3.63, 3.8) is 0 Å². The smallest absolute Gasteiger partial charge is 0.337 e. The maximum Gasteiger partial charge on any atom is 0.337 e. The number of unbranched alkanes of at least 4 members (excludes halogenated alkanes) is 1. The molecule has 0 aromatic heterocycles. The Kier molecular flexibility index (Phi) is 12.5. The Labute approximate surface area is 264 Å². The van der Waals surface area contributed by atoms with Gasteiger partial charge in [-0.1, -0.05) is 48.5 Å². The Bertz CT molecular complexity index is 1520. The molecule has 4 aromatic rings. The average Bonchev–Trinajstić information content (AvgIpc) is 3.08. The Hall–Kier alpha value is -4.69. The molecule has 0 aliphatic rings. The minimum atomic E-state index is -0.381. The van der Waals surface area contributed by atoms with Crippen molar-refractivity contribution < 1.29 is 32.9 Å². The number of hydrogen-bond acceptors (Lipinski definition) is 7. The molecule has 0 bridgehead atoms. The second-order valence-corrected chi connectivity index (χ2v) is 10.7. The maximum absolute atomic E-state index is 14.4. The van der Waals surface area contributed by atoms with Crippen molar-refractivity contribution in [1.82, 2.24) is 4.90 Å². The van der Waals surface area contributed by atoms with E-state index in [9.17, 15) is 14.0 Å². The molecule has 0 atom stereocenters. The molecule has 0 aliphatic carbocycles. The minimum absolute atomic E-state index is 0.225. The molecule has 4 aromatic carbocycles. The van der Waals surface area contributed by atoms with Crippen LogP contribution < -0.4 is 9.47 Å². The second-order valence-electron chi connectivity index (χ2n) is 10.7. The molecule has 0 fully saturated rings. The van der Waals surface area contributed by atoms with Crippen molar-refractivity contribution in [1.29, 1.82) is 0 Å². The summed E-state index contributed by atoms with van der Waals surface area (Å²) in [4.78, 5) is 25.7. The van der Waals surface area contributed by atoms with Crippen LogP contribution >= 0.6 is 0 Å². The fourth-order valence-corrected chi connectivity index (χ4v) is 5.00. The molecule has 7 nitrogen and oxygen atoms in total. The molecule has 0 radical (unpaired) electrons. The summed E-state index contributed by atoms with van der Waals surface area (Å²) in [6.07, 6.45) is 2.44. The van der Waals surface area contributed by atoms with E-state index < -0.39 is 0 Å². The van der Waals surface area contributed by atoms with E-state index >= 15 is 0 Å². The van der Waals surface area contributed by atoms with Crippen LogP contribution in [0.3, 0.4) is 0 Å². The van der Waals surface area contributed by atoms with Gasteiger partial charge in [-0.15, -0.1) is 0 Å². The third-order valence-corrected chi connectivity index (χ3v) is 7.61. The molecule has 0 amide bonds. The Morgan fingerprint density at radius 2 is 1.40 bits per heavy atom. The minimum Gasteiger partial charge on any atom is -0.497 e. The normalized spacial score (nSPS) is 10.9. The van der Waals surface area contributed by atoms with E-state index in [0.717, 1.165) is 46.5 Å². The summed E-state index contributed by atoms with van der Waals surface area (Å²) in [5.74, 6) is 0.535. The summed E-state index contributed by atoms with van der Waals surface area (Å²) in [5, 5.41) is 0. The SMILES string of the molecule is COC(=O)CCCCN(CCc1cc(F)ccc1OCc1ccc(-c2ccc(OC)cc2)cc1)Cc1ccc(C(=O)OC)cc1. The van der Waals surface area contributed by atoms with Gasteiger partial charge in [-0.05, 0) is 96.1 Å². The molecule has 0 unspecified atom stereocenters. The second kappa shape index (κ2) is 17.0. The molecule has 45 heavy (non-hydrogen) atoms. The molecule has 236 valence electrons. The topological polar surface area (TPSA) is 74.3 Å². The van der Waals surface area contributed by atoms with Crippen LogP contribution in [0, 0.1) is 5.82 Å². The van der Waals surface area contributed by atoms with Crippen LogP contribution in [-0.2, 0) is 33.8 Å². The first-order valence-corrected chi connectivity index (χ1v) is 15.0. The van der Waals surface area contributed by atoms with Crippen LogP contribution in [0.15, 0.2) is 91.0 Å². The number of esters is 2. The quantitative estimate of drug-likeness (QED) is 0.0973. The third-order valence-electron chi connectivity index (χ3n) is 7.61. The number of rotatable bonds is 16. The number of nitrogens with zero attached hydrogens (tertiary/aromatic N) is 1. The highest BCUT2D eigenvalue weighted by Crippen LogP contribution is 2.25. The average molecular weight is 614 g/mol. The lowest BCUT2D eigenvalue weighted by molar-refractivity contribution is -0.140. The first-order chi connectivity index (χ1) is 21.9. The lowest BCUT2D eigenvalue weighted by Gasteiger charge is -2.23. The van der Waals surface area contributed by atoms with Gasteiger partial charge >= 0.3 is 11.9 Å².